The van der Waals surface area contributed by atoms with Gasteiger partial charge in [-0.2, -0.15) is 0 Å². The molecule has 8 nitrogen and oxygen atoms in total. The molecule has 4 N–H and O–H groups in total. The van der Waals surface area contributed by atoms with Crippen molar-refractivity contribution >= 4 is 40.1 Å². The second-order valence-electron chi connectivity index (χ2n) is 8.68. The number of fused-ring (bicyclic) bond motifs is 1. The third kappa shape index (κ3) is 4.61. The number of carbonyl (C=O) groups excluding carboxylic acids is 2. The minimum absolute atomic E-state index is 0.0296. The second-order valence-corrected chi connectivity index (χ2v) is 9.09. The summed E-state index contributed by atoms with van der Waals surface area (Å²) in [6, 6.07) is 7.12. The number of nitrogens with zero attached hydrogens (tertiary/aromatic N) is 2. The van der Waals surface area contributed by atoms with Crippen molar-refractivity contribution in [2.75, 3.05) is 5.32 Å². The molecule has 0 atom stereocenters. The van der Waals surface area contributed by atoms with Gasteiger partial charge in [0.2, 0.25) is 0 Å². The summed E-state index contributed by atoms with van der Waals surface area (Å²) in [4.78, 5) is 36.9. The van der Waals surface area contributed by atoms with Crippen molar-refractivity contribution in [2.45, 2.75) is 57.2 Å². The molecule has 0 saturated heterocycles. The first-order chi connectivity index (χ1) is 15.2. The number of rotatable bonds is 6. The number of aromatic nitrogens is 3. The first-order valence-electron chi connectivity index (χ1n) is 10.6. The molecule has 1 aliphatic carbocycles. The molecule has 32 heavy (non-hydrogen) atoms. The highest BCUT2D eigenvalue weighted by Crippen LogP contribution is 2.30. The van der Waals surface area contributed by atoms with Gasteiger partial charge in [-0.05, 0) is 51.7 Å². The molecule has 3 aromatic rings. The number of amides is 1. The minimum atomic E-state index is -1.39. The number of hydrogen-bond donors (Lipinski definition) is 4. The van der Waals surface area contributed by atoms with E-state index in [9.17, 15) is 14.7 Å². The Morgan fingerprint density at radius 2 is 1.78 bits per heavy atom. The summed E-state index contributed by atoms with van der Waals surface area (Å²) in [7, 11) is 0. The van der Waals surface area contributed by atoms with Gasteiger partial charge in [0.25, 0.3) is 5.91 Å². The number of carbonyl (C=O) groups is 2. The Labute approximate surface area is 190 Å². The third-order valence-electron chi connectivity index (χ3n) is 5.79. The van der Waals surface area contributed by atoms with Gasteiger partial charge in [-0.25, -0.2) is 9.97 Å². The standard InChI is InChI=1S/C23H26ClN5O3/c1-23(2,32)22(31)29-14-9-7-13(8-10-14)28-21-18-16(11-25-20(18)26-12-27-21)19(30)15-5-3-4-6-17(15)24/h3-6,11-14,32H,7-10H2,1-2H3,(H,29,31)(H2,25,26,27,28). The average molecular weight is 456 g/mol. The number of benzene rings is 1. The van der Waals surface area contributed by atoms with Crippen LogP contribution < -0.4 is 10.6 Å². The fourth-order valence-corrected chi connectivity index (χ4v) is 4.20. The molecule has 0 bridgehead atoms. The number of hydrogen-bond acceptors (Lipinski definition) is 6. The van der Waals surface area contributed by atoms with Gasteiger partial charge < -0.3 is 20.7 Å². The van der Waals surface area contributed by atoms with Gasteiger partial charge in [0.1, 0.15) is 23.4 Å². The summed E-state index contributed by atoms with van der Waals surface area (Å²) in [5.41, 5.74) is 0.0693. The molecule has 0 aliphatic heterocycles. The van der Waals surface area contributed by atoms with E-state index >= 15 is 0 Å². The lowest BCUT2D eigenvalue weighted by atomic mass is 9.90. The van der Waals surface area contributed by atoms with Gasteiger partial charge >= 0.3 is 0 Å². The quantitative estimate of drug-likeness (QED) is 0.422. The lowest BCUT2D eigenvalue weighted by Gasteiger charge is -2.31. The third-order valence-corrected chi connectivity index (χ3v) is 6.12. The molecule has 2 aromatic heterocycles. The van der Waals surface area contributed by atoms with Crippen LogP contribution in [0, 0.1) is 0 Å². The van der Waals surface area contributed by atoms with E-state index in [1.807, 2.05) is 0 Å². The highest BCUT2D eigenvalue weighted by atomic mass is 35.5. The Morgan fingerprint density at radius 1 is 1.09 bits per heavy atom. The van der Waals surface area contributed by atoms with Gasteiger partial charge in [0, 0.05) is 23.8 Å². The Balaban J connectivity index is 1.50. The lowest BCUT2D eigenvalue weighted by Crippen LogP contribution is -2.48. The molecular weight excluding hydrogens is 430 g/mol. The lowest BCUT2D eigenvalue weighted by molar-refractivity contribution is -0.137. The molecule has 0 spiro atoms. The Hall–Kier alpha value is -2.97. The number of nitrogens with one attached hydrogen (secondary N) is 3. The van der Waals surface area contributed by atoms with E-state index in [0.717, 1.165) is 25.7 Å². The van der Waals surface area contributed by atoms with Crippen LogP contribution in [0.1, 0.15) is 55.5 Å². The first kappa shape index (κ1) is 22.2. The van der Waals surface area contributed by atoms with Crippen LogP contribution in [-0.2, 0) is 4.79 Å². The Bertz CT molecular complexity index is 1150. The van der Waals surface area contributed by atoms with E-state index in [0.29, 0.717) is 33.0 Å². The number of aromatic amines is 1. The smallest absolute Gasteiger partial charge is 0.251 e. The van der Waals surface area contributed by atoms with Crippen LogP contribution in [0.5, 0.6) is 0 Å². The molecule has 2 heterocycles. The first-order valence-corrected chi connectivity index (χ1v) is 11.0. The van der Waals surface area contributed by atoms with Crippen LogP contribution in [0.4, 0.5) is 5.82 Å². The maximum absolute atomic E-state index is 13.2. The van der Waals surface area contributed by atoms with Crippen molar-refractivity contribution in [1.82, 2.24) is 20.3 Å². The Kier molecular flexibility index (Phi) is 6.17. The van der Waals surface area contributed by atoms with Gasteiger partial charge in [0.05, 0.1) is 16.0 Å². The molecule has 1 aliphatic rings. The summed E-state index contributed by atoms with van der Waals surface area (Å²) >= 11 is 6.24. The van der Waals surface area contributed by atoms with Crippen molar-refractivity contribution < 1.29 is 14.7 Å². The summed E-state index contributed by atoms with van der Waals surface area (Å²) in [6.45, 7) is 2.96. The van der Waals surface area contributed by atoms with E-state index in [2.05, 4.69) is 25.6 Å². The van der Waals surface area contributed by atoms with Crippen LogP contribution in [-0.4, -0.2) is 49.4 Å². The van der Waals surface area contributed by atoms with Crippen LogP contribution in [0.15, 0.2) is 36.8 Å². The van der Waals surface area contributed by atoms with Gasteiger partial charge in [-0.3, -0.25) is 9.59 Å². The fraction of sp³-hybridized carbons (Fsp3) is 0.391. The van der Waals surface area contributed by atoms with Crippen molar-refractivity contribution in [3.05, 3.63) is 52.9 Å². The number of H-pyrrole nitrogens is 1. The van der Waals surface area contributed by atoms with E-state index in [1.165, 1.54) is 20.2 Å². The monoisotopic (exact) mass is 455 g/mol. The van der Waals surface area contributed by atoms with Crippen LogP contribution in [0.3, 0.4) is 0 Å². The van der Waals surface area contributed by atoms with E-state index < -0.39 is 5.60 Å². The fourth-order valence-electron chi connectivity index (χ4n) is 3.98. The molecule has 0 unspecified atom stereocenters. The molecule has 1 saturated carbocycles. The average Bonchev–Trinajstić information content (AvgIpc) is 3.19. The largest absolute Gasteiger partial charge is 0.381 e. The summed E-state index contributed by atoms with van der Waals surface area (Å²) < 4.78 is 0. The topological polar surface area (TPSA) is 120 Å². The zero-order valence-corrected chi connectivity index (χ0v) is 18.7. The van der Waals surface area contributed by atoms with Crippen molar-refractivity contribution in [3.8, 4) is 0 Å². The van der Waals surface area contributed by atoms with E-state index in [-0.39, 0.29) is 23.8 Å². The van der Waals surface area contributed by atoms with Gasteiger partial charge in [-0.1, -0.05) is 23.7 Å². The molecule has 9 heteroatoms. The predicted octanol–water partition coefficient (Wildman–Crippen LogP) is 3.45. The van der Waals surface area contributed by atoms with Crippen LogP contribution in [0.2, 0.25) is 5.02 Å². The number of ketones is 1. The number of anilines is 1. The van der Waals surface area contributed by atoms with Crippen LogP contribution in [0.25, 0.3) is 11.0 Å². The maximum atomic E-state index is 13.2. The van der Waals surface area contributed by atoms with E-state index in [4.69, 9.17) is 11.6 Å². The van der Waals surface area contributed by atoms with Gasteiger partial charge in [0.15, 0.2) is 5.78 Å². The highest BCUT2D eigenvalue weighted by Gasteiger charge is 2.29. The molecule has 4 rings (SSSR count). The van der Waals surface area contributed by atoms with Gasteiger partial charge in [-0.15, -0.1) is 0 Å². The van der Waals surface area contributed by atoms with E-state index in [1.54, 1.807) is 30.5 Å². The minimum Gasteiger partial charge on any atom is -0.381 e. The van der Waals surface area contributed by atoms with Crippen molar-refractivity contribution in [3.63, 3.8) is 0 Å². The molecule has 1 fully saturated rings. The summed E-state index contributed by atoms with van der Waals surface area (Å²) in [5.74, 6) is 0.0369. The molecular formula is C23H26ClN5O3. The number of aliphatic hydroxyl groups is 1. The van der Waals surface area contributed by atoms with Crippen molar-refractivity contribution in [1.29, 1.82) is 0 Å². The molecule has 1 aromatic carbocycles. The number of halogens is 1. The SMILES string of the molecule is CC(C)(O)C(=O)NC1CCC(Nc2ncnc3[nH]cc(C(=O)c4ccccc4Cl)c23)CC1. The highest BCUT2D eigenvalue weighted by molar-refractivity contribution is 6.35. The molecule has 168 valence electrons. The molecule has 1 amide bonds. The zero-order chi connectivity index (χ0) is 22.9. The normalized spacial score (nSPS) is 19.0. The Morgan fingerprint density at radius 3 is 2.47 bits per heavy atom. The summed E-state index contributed by atoms with van der Waals surface area (Å²) in [5, 5.41) is 17.2. The maximum Gasteiger partial charge on any atom is 0.251 e. The van der Waals surface area contributed by atoms with Crippen molar-refractivity contribution in [2.24, 2.45) is 0 Å². The zero-order valence-electron chi connectivity index (χ0n) is 18.0. The second kappa shape index (κ2) is 8.88. The molecule has 0 radical (unpaired) electrons. The van der Waals surface area contributed by atoms with Crippen LogP contribution >= 0.6 is 11.6 Å². The summed E-state index contributed by atoms with van der Waals surface area (Å²) in [6.07, 6.45) is 6.30. The predicted molar refractivity (Wildman–Crippen MR) is 123 cm³/mol.